The van der Waals surface area contributed by atoms with Crippen molar-refractivity contribution in [3.05, 3.63) is 52.9 Å². The van der Waals surface area contributed by atoms with E-state index in [9.17, 15) is 9.90 Å². The van der Waals surface area contributed by atoms with E-state index in [4.69, 9.17) is 0 Å². The summed E-state index contributed by atoms with van der Waals surface area (Å²) in [5.74, 6) is 0.181. The van der Waals surface area contributed by atoms with Crippen LogP contribution in [0.1, 0.15) is 21.5 Å². The number of aromatic nitrogens is 2. The molecule has 0 bridgehead atoms. The van der Waals surface area contributed by atoms with Crippen molar-refractivity contribution in [1.82, 2.24) is 9.78 Å². The lowest BCUT2D eigenvalue weighted by Crippen LogP contribution is -1.94. The Kier molecular flexibility index (Phi) is 2.30. The molecule has 3 rings (SSSR count). The summed E-state index contributed by atoms with van der Waals surface area (Å²) < 4.78 is 1.69. The molecule has 2 aromatic rings. The topological polar surface area (TPSA) is 55.1 Å². The van der Waals surface area contributed by atoms with Gasteiger partial charge in [0.2, 0.25) is 0 Å². The van der Waals surface area contributed by atoms with Crippen molar-refractivity contribution in [1.29, 1.82) is 0 Å². The number of carbonyl (C=O) groups is 1. The quantitative estimate of drug-likeness (QED) is 0.775. The van der Waals surface area contributed by atoms with E-state index < -0.39 is 0 Å². The number of rotatable bonds is 1. The van der Waals surface area contributed by atoms with Crippen LogP contribution in [0, 0.1) is 0 Å². The van der Waals surface area contributed by atoms with Crippen molar-refractivity contribution < 1.29 is 9.90 Å². The monoisotopic (exact) mass is 240 g/mol. The first kappa shape index (κ1) is 10.8. The zero-order valence-electron chi connectivity index (χ0n) is 9.92. The number of hydrogen-bond acceptors (Lipinski definition) is 3. The van der Waals surface area contributed by atoms with Gasteiger partial charge in [-0.1, -0.05) is 12.1 Å². The molecule has 1 aromatic heterocycles. The average molecular weight is 240 g/mol. The molecule has 0 saturated heterocycles. The van der Waals surface area contributed by atoms with Crippen molar-refractivity contribution in [2.45, 2.75) is 6.42 Å². The normalized spacial score (nSPS) is 16.3. The van der Waals surface area contributed by atoms with Crippen molar-refractivity contribution in [2.24, 2.45) is 7.05 Å². The highest BCUT2D eigenvalue weighted by molar-refractivity contribution is 6.15. The second-order valence-corrected chi connectivity index (χ2v) is 4.43. The number of Topliss-reactive ketones (excluding diaryl/α,β-unsaturated/α-hetero) is 1. The maximum Gasteiger partial charge on any atom is 0.189 e. The average Bonchev–Trinajstić information content (AvgIpc) is 2.88. The highest BCUT2D eigenvalue weighted by Gasteiger charge is 2.26. The largest absolute Gasteiger partial charge is 0.508 e. The molecule has 0 unspecified atom stereocenters. The van der Waals surface area contributed by atoms with Crippen molar-refractivity contribution >= 4 is 11.9 Å². The number of allylic oxidation sites excluding steroid dienone is 1. The van der Waals surface area contributed by atoms with Gasteiger partial charge in [0.25, 0.3) is 0 Å². The minimum Gasteiger partial charge on any atom is -0.508 e. The fraction of sp³-hybridized carbons (Fsp3) is 0.143. The minimum atomic E-state index is -0.00949. The number of nitrogens with zero attached hydrogens (tertiary/aromatic N) is 2. The first-order valence-corrected chi connectivity index (χ1v) is 5.70. The fourth-order valence-electron chi connectivity index (χ4n) is 2.25. The van der Waals surface area contributed by atoms with Gasteiger partial charge in [-0.05, 0) is 12.1 Å². The van der Waals surface area contributed by atoms with Gasteiger partial charge in [0.1, 0.15) is 5.75 Å². The van der Waals surface area contributed by atoms with Crippen LogP contribution in [-0.2, 0) is 13.5 Å². The van der Waals surface area contributed by atoms with Gasteiger partial charge >= 0.3 is 0 Å². The van der Waals surface area contributed by atoms with Gasteiger partial charge in [-0.2, -0.15) is 5.10 Å². The Hall–Kier alpha value is -2.36. The lowest BCUT2D eigenvalue weighted by atomic mass is 10.1. The fourth-order valence-corrected chi connectivity index (χ4v) is 2.25. The molecule has 1 aromatic carbocycles. The number of ketones is 1. The number of phenols is 1. The highest BCUT2D eigenvalue weighted by Crippen LogP contribution is 2.33. The van der Waals surface area contributed by atoms with Crippen LogP contribution < -0.4 is 0 Å². The third-order valence-corrected chi connectivity index (χ3v) is 3.12. The van der Waals surface area contributed by atoms with Crippen LogP contribution >= 0.6 is 0 Å². The van der Waals surface area contributed by atoms with Crippen LogP contribution in [0.4, 0.5) is 0 Å². The first-order chi connectivity index (χ1) is 8.65. The molecule has 0 saturated carbocycles. The van der Waals surface area contributed by atoms with Crippen LogP contribution in [0.25, 0.3) is 6.08 Å². The first-order valence-electron chi connectivity index (χ1n) is 5.70. The Bertz CT molecular complexity index is 668. The van der Waals surface area contributed by atoms with Gasteiger partial charge in [-0.15, -0.1) is 0 Å². The lowest BCUT2D eigenvalue weighted by Gasteiger charge is -1.97. The van der Waals surface area contributed by atoms with Crippen LogP contribution in [-0.4, -0.2) is 20.7 Å². The maximum atomic E-state index is 12.2. The number of benzene rings is 1. The number of hydrogen-bond donors (Lipinski definition) is 1. The molecule has 0 spiro atoms. The number of carbonyl (C=O) groups excluding carboxylic acids is 1. The molecule has 0 fully saturated rings. The summed E-state index contributed by atoms with van der Waals surface area (Å²) in [6, 6.07) is 5.06. The molecule has 4 heteroatoms. The molecule has 18 heavy (non-hydrogen) atoms. The number of fused-ring (bicyclic) bond motifs is 1. The Labute approximate surface area is 104 Å². The molecule has 1 heterocycles. The number of aryl methyl sites for hydroxylation is 1. The van der Waals surface area contributed by atoms with E-state index in [0.29, 0.717) is 17.6 Å². The zero-order chi connectivity index (χ0) is 12.7. The summed E-state index contributed by atoms with van der Waals surface area (Å²) >= 11 is 0. The summed E-state index contributed by atoms with van der Waals surface area (Å²) in [5.41, 5.74) is 2.91. The summed E-state index contributed by atoms with van der Waals surface area (Å²) in [7, 11) is 1.83. The minimum absolute atomic E-state index is 0.00949. The molecule has 0 atom stereocenters. The second-order valence-electron chi connectivity index (χ2n) is 4.43. The molecular weight excluding hydrogens is 228 g/mol. The van der Waals surface area contributed by atoms with Crippen molar-refractivity contribution in [2.75, 3.05) is 0 Å². The van der Waals surface area contributed by atoms with Gasteiger partial charge in [-0.3, -0.25) is 9.48 Å². The third kappa shape index (κ3) is 1.62. The van der Waals surface area contributed by atoms with E-state index in [1.165, 1.54) is 0 Å². The standard InChI is InChI=1S/C14H12N2O2/c1-16-8-9(7-15-16)5-10-6-12-11(14(10)18)3-2-4-13(12)17/h2-5,7-8,17H,6H2,1H3/b10-5-. The van der Waals surface area contributed by atoms with Crippen LogP contribution in [0.5, 0.6) is 5.75 Å². The molecule has 1 aliphatic rings. The lowest BCUT2D eigenvalue weighted by molar-refractivity contribution is 0.104. The molecular formula is C14H12N2O2. The van der Waals surface area contributed by atoms with Gasteiger partial charge in [0.05, 0.1) is 6.20 Å². The number of phenolic OH excluding ortho intramolecular Hbond substituents is 1. The Morgan fingerprint density at radius 2 is 2.28 bits per heavy atom. The molecule has 90 valence electrons. The molecule has 0 radical (unpaired) electrons. The Balaban J connectivity index is 2.02. The van der Waals surface area contributed by atoms with Crippen molar-refractivity contribution in [3.8, 4) is 5.75 Å². The van der Waals surface area contributed by atoms with E-state index in [1.54, 1.807) is 29.1 Å². The molecule has 4 nitrogen and oxygen atoms in total. The molecule has 0 amide bonds. The van der Waals surface area contributed by atoms with Crippen LogP contribution in [0.15, 0.2) is 36.2 Å². The maximum absolute atomic E-state index is 12.2. The molecule has 1 aliphatic carbocycles. The van der Waals surface area contributed by atoms with Gasteiger partial charge < -0.3 is 5.11 Å². The summed E-state index contributed by atoms with van der Waals surface area (Å²) in [5, 5.41) is 13.8. The number of aromatic hydroxyl groups is 1. The predicted molar refractivity (Wildman–Crippen MR) is 67.3 cm³/mol. The van der Waals surface area contributed by atoms with E-state index in [0.717, 1.165) is 11.1 Å². The molecule has 1 N–H and O–H groups in total. The van der Waals surface area contributed by atoms with Crippen LogP contribution in [0.2, 0.25) is 0 Å². The Morgan fingerprint density at radius 1 is 1.44 bits per heavy atom. The van der Waals surface area contributed by atoms with Gasteiger partial charge in [-0.25, -0.2) is 0 Å². The zero-order valence-corrected chi connectivity index (χ0v) is 9.92. The van der Waals surface area contributed by atoms with E-state index in [1.807, 2.05) is 19.3 Å². The highest BCUT2D eigenvalue weighted by atomic mass is 16.3. The third-order valence-electron chi connectivity index (χ3n) is 3.12. The molecule has 0 aliphatic heterocycles. The van der Waals surface area contributed by atoms with Crippen LogP contribution in [0.3, 0.4) is 0 Å². The van der Waals surface area contributed by atoms with E-state index in [-0.39, 0.29) is 11.5 Å². The van der Waals surface area contributed by atoms with Gasteiger partial charge in [0.15, 0.2) is 5.78 Å². The smallest absolute Gasteiger partial charge is 0.189 e. The van der Waals surface area contributed by atoms with E-state index >= 15 is 0 Å². The van der Waals surface area contributed by atoms with Crippen molar-refractivity contribution in [3.63, 3.8) is 0 Å². The van der Waals surface area contributed by atoms with Gasteiger partial charge in [0, 0.05) is 41.9 Å². The summed E-state index contributed by atoms with van der Waals surface area (Å²) in [4.78, 5) is 12.2. The SMILES string of the molecule is Cn1cc(/C=C2/Cc3c(O)cccc3C2=O)cn1. The summed E-state index contributed by atoms with van der Waals surface area (Å²) in [6.45, 7) is 0. The second kappa shape index (κ2) is 3.84. The van der Waals surface area contributed by atoms with E-state index in [2.05, 4.69) is 5.10 Å². The Morgan fingerprint density at radius 3 is 2.94 bits per heavy atom. The predicted octanol–water partition coefficient (Wildman–Crippen LogP) is 1.95. The summed E-state index contributed by atoms with van der Waals surface area (Å²) in [6.07, 6.45) is 5.87.